The number of nitrogens with zero attached hydrogens (tertiary/aromatic N) is 2. The molecule has 2 atom stereocenters. The van der Waals surface area contributed by atoms with E-state index in [0.717, 1.165) is 13.0 Å². The molecule has 0 bridgehead atoms. The van der Waals surface area contributed by atoms with Gasteiger partial charge in [-0.15, -0.1) is 23.7 Å². The summed E-state index contributed by atoms with van der Waals surface area (Å²) < 4.78 is 0. The Balaban J connectivity index is 0.00000243. The number of nitrogens with one attached hydrogen (secondary N) is 1. The monoisotopic (exact) mass is 395 g/mol. The zero-order chi connectivity index (χ0) is 18.0. The van der Waals surface area contributed by atoms with Crippen LogP contribution < -0.4 is 5.32 Å². The highest BCUT2D eigenvalue weighted by Gasteiger charge is 2.29. The SMILES string of the molecule is C[C@H]1Cc2ccsc2[C@H](C)N1CCNC(=O)c1cccc([N+](=O)[O-])c1.Cl. The number of hydrogen-bond acceptors (Lipinski definition) is 5. The molecule has 0 saturated carbocycles. The first kappa shape index (κ1) is 20.4. The molecule has 0 radical (unpaired) electrons. The van der Waals surface area contributed by atoms with Gasteiger partial charge in [-0.1, -0.05) is 6.07 Å². The quantitative estimate of drug-likeness (QED) is 0.616. The third-order valence-electron chi connectivity index (χ3n) is 4.71. The van der Waals surface area contributed by atoms with E-state index < -0.39 is 4.92 Å². The molecule has 1 aromatic carbocycles. The minimum Gasteiger partial charge on any atom is -0.351 e. The molecule has 6 nitrogen and oxygen atoms in total. The van der Waals surface area contributed by atoms with Crippen LogP contribution in [0, 0.1) is 10.1 Å². The van der Waals surface area contributed by atoms with E-state index in [9.17, 15) is 14.9 Å². The average Bonchev–Trinajstić information content (AvgIpc) is 3.06. The molecule has 0 saturated heterocycles. The number of nitro benzene ring substituents is 1. The van der Waals surface area contributed by atoms with Gasteiger partial charge in [0.05, 0.1) is 4.92 Å². The Kier molecular flexibility index (Phi) is 6.75. The maximum Gasteiger partial charge on any atom is 0.270 e. The summed E-state index contributed by atoms with van der Waals surface area (Å²) >= 11 is 1.79. The van der Waals surface area contributed by atoms with E-state index in [1.165, 1.54) is 28.6 Å². The van der Waals surface area contributed by atoms with Crippen molar-refractivity contribution in [2.45, 2.75) is 32.4 Å². The molecule has 0 aliphatic carbocycles. The standard InChI is InChI=1S/C18H21N3O3S.ClH/c1-12-10-14-6-9-25-17(14)13(2)20(12)8-7-19-18(22)15-4-3-5-16(11-15)21(23)24;/h3-6,9,11-13H,7-8,10H2,1-2H3,(H,19,22);1H/t12-,13-;/m0./s1. The van der Waals surface area contributed by atoms with Gasteiger partial charge in [0.25, 0.3) is 11.6 Å². The first-order valence-corrected chi connectivity index (χ1v) is 9.20. The van der Waals surface area contributed by atoms with Crippen molar-refractivity contribution in [2.75, 3.05) is 13.1 Å². The Morgan fingerprint density at radius 2 is 2.15 bits per heavy atom. The zero-order valence-electron chi connectivity index (χ0n) is 14.7. The van der Waals surface area contributed by atoms with Crippen LogP contribution in [0.2, 0.25) is 0 Å². The fourth-order valence-corrected chi connectivity index (χ4v) is 4.44. The Labute approximate surface area is 162 Å². The van der Waals surface area contributed by atoms with Gasteiger partial charge in [-0.25, -0.2) is 0 Å². The summed E-state index contributed by atoms with van der Waals surface area (Å²) in [6, 6.07) is 8.77. The molecule has 1 aliphatic heterocycles. The predicted molar refractivity (Wildman–Crippen MR) is 105 cm³/mol. The van der Waals surface area contributed by atoms with E-state index in [2.05, 4.69) is 35.5 Å². The van der Waals surface area contributed by atoms with Gasteiger partial charge in [-0.3, -0.25) is 19.8 Å². The van der Waals surface area contributed by atoms with Crippen LogP contribution in [0.3, 0.4) is 0 Å². The van der Waals surface area contributed by atoms with Gasteiger partial charge in [0.1, 0.15) is 0 Å². The summed E-state index contributed by atoms with van der Waals surface area (Å²) in [4.78, 5) is 26.4. The van der Waals surface area contributed by atoms with Crippen LogP contribution in [0.1, 0.15) is 40.7 Å². The Bertz CT molecular complexity index is 795. The van der Waals surface area contributed by atoms with Gasteiger partial charge in [0.15, 0.2) is 0 Å². The minimum absolute atomic E-state index is 0. The van der Waals surface area contributed by atoms with Gasteiger partial charge in [-0.05, 0) is 43.3 Å². The van der Waals surface area contributed by atoms with Crippen LogP contribution in [-0.4, -0.2) is 34.9 Å². The summed E-state index contributed by atoms with van der Waals surface area (Å²) in [5.74, 6) is -0.280. The second-order valence-corrected chi connectivity index (χ2v) is 7.29. The van der Waals surface area contributed by atoms with Crippen molar-refractivity contribution in [2.24, 2.45) is 0 Å². The molecule has 1 amide bonds. The molecular weight excluding hydrogens is 374 g/mol. The molecule has 2 aromatic rings. The lowest BCUT2D eigenvalue weighted by Gasteiger charge is -2.38. The number of nitro groups is 1. The molecule has 26 heavy (non-hydrogen) atoms. The fraction of sp³-hybridized carbons (Fsp3) is 0.389. The normalized spacial score (nSPS) is 19.3. The lowest BCUT2D eigenvalue weighted by Crippen LogP contribution is -2.44. The van der Waals surface area contributed by atoms with Crippen molar-refractivity contribution >= 4 is 35.3 Å². The van der Waals surface area contributed by atoms with Crippen molar-refractivity contribution in [3.63, 3.8) is 0 Å². The van der Waals surface area contributed by atoms with Gasteiger partial charge in [-0.2, -0.15) is 0 Å². The molecule has 140 valence electrons. The Morgan fingerprint density at radius 1 is 1.38 bits per heavy atom. The largest absolute Gasteiger partial charge is 0.351 e. The first-order valence-electron chi connectivity index (χ1n) is 8.32. The highest BCUT2D eigenvalue weighted by atomic mass is 35.5. The van der Waals surface area contributed by atoms with Gasteiger partial charge < -0.3 is 5.32 Å². The summed E-state index contributed by atoms with van der Waals surface area (Å²) in [7, 11) is 0. The highest BCUT2D eigenvalue weighted by molar-refractivity contribution is 7.10. The van der Waals surface area contributed by atoms with Crippen LogP contribution in [0.4, 0.5) is 5.69 Å². The van der Waals surface area contributed by atoms with Crippen molar-refractivity contribution in [3.8, 4) is 0 Å². The van der Waals surface area contributed by atoms with Crippen LogP contribution in [0.5, 0.6) is 0 Å². The van der Waals surface area contributed by atoms with Crippen LogP contribution >= 0.6 is 23.7 Å². The molecule has 3 rings (SSSR count). The topological polar surface area (TPSA) is 75.5 Å². The van der Waals surface area contributed by atoms with E-state index in [4.69, 9.17) is 0 Å². The van der Waals surface area contributed by atoms with Gasteiger partial charge in [0.2, 0.25) is 0 Å². The summed E-state index contributed by atoms with van der Waals surface area (Å²) in [5, 5.41) is 15.8. The molecule has 1 N–H and O–H groups in total. The number of carbonyl (C=O) groups is 1. The van der Waals surface area contributed by atoms with Crippen molar-refractivity contribution in [1.29, 1.82) is 0 Å². The summed E-state index contributed by atoms with van der Waals surface area (Å²) in [5.41, 5.74) is 1.67. The smallest absolute Gasteiger partial charge is 0.270 e. The second kappa shape index (κ2) is 8.62. The summed E-state index contributed by atoms with van der Waals surface area (Å²) in [6.07, 6.45) is 1.03. The Morgan fingerprint density at radius 3 is 2.88 bits per heavy atom. The predicted octanol–water partition coefficient (Wildman–Crippen LogP) is 3.82. The van der Waals surface area contributed by atoms with E-state index in [-0.39, 0.29) is 24.0 Å². The number of rotatable bonds is 5. The third-order valence-corrected chi connectivity index (χ3v) is 5.84. The number of thiophene rings is 1. The van der Waals surface area contributed by atoms with Crippen LogP contribution in [-0.2, 0) is 6.42 Å². The van der Waals surface area contributed by atoms with E-state index in [1.807, 2.05) is 0 Å². The average molecular weight is 396 g/mol. The number of carbonyl (C=O) groups excluding carboxylic acids is 1. The fourth-order valence-electron chi connectivity index (χ4n) is 3.43. The zero-order valence-corrected chi connectivity index (χ0v) is 16.3. The van der Waals surface area contributed by atoms with Crippen LogP contribution in [0.15, 0.2) is 35.7 Å². The first-order chi connectivity index (χ1) is 12.0. The van der Waals surface area contributed by atoms with Crippen molar-refractivity contribution in [1.82, 2.24) is 10.2 Å². The molecular formula is C18H22ClN3O3S. The molecule has 8 heteroatoms. The number of benzene rings is 1. The number of non-ortho nitro benzene ring substituents is 1. The molecule has 1 aliphatic rings. The number of fused-ring (bicyclic) bond motifs is 1. The summed E-state index contributed by atoms with van der Waals surface area (Å²) in [6.45, 7) is 5.67. The van der Waals surface area contributed by atoms with Crippen molar-refractivity contribution < 1.29 is 9.72 Å². The van der Waals surface area contributed by atoms with Gasteiger partial charge in [0, 0.05) is 47.7 Å². The maximum atomic E-state index is 12.2. The highest BCUT2D eigenvalue weighted by Crippen LogP contribution is 2.35. The van der Waals surface area contributed by atoms with E-state index in [0.29, 0.717) is 24.2 Å². The van der Waals surface area contributed by atoms with E-state index >= 15 is 0 Å². The van der Waals surface area contributed by atoms with Crippen molar-refractivity contribution in [3.05, 3.63) is 61.8 Å². The number of hydrogen-bond donors (Lipinski definition) is 1. The second-order valence-electron chi connectivity index (χ2n) is 6.34. The number of halogens is 1. The molecule has 0 spiro atoms. The lowest BCUT2D eigenvalue weighted by molar-refractivity contribution is -0.384. The number of amides is 1. The van der Waals surface area contributed by atoms with Crippen LogP contribution in [0.25, 0.3) is 0 Å². The third kappa shape index (κ3) is 4.23. The minimum atomic E-state index is -0.494. The molecule has 2 heterocycles. The molecule has 0 fully saturated rings. The molecule has 1 aromatic heterocycles. The molecule has 0 unspecified atom stereocenters. The maximum absolute atomic E-state index is 12.2. The van der Waals surface area contributed by atoms with E-state index in [1.54, 1.807) is 17.4 Å². The lowest BCUT2D eigenvalue weighted by atomic mass is 9.97. The van der Waals surface area contributed by atoms with Gasteiger partial charge >= 0.3 is 0 Å². The Hall–Kier alpha value is -1.96.